The van der Waals surface area contributed by atoms with Crippen LogP contribution in [-0.4, -0.2) is 26.7 Å². The first-order valence-corrected chi connectivity index (χ1v) is 12.3. The molecule has 2 rings (SSSR count). The number of nitrogens with one attached hydrogen (secondary N) is 2. The number of carbonyl (C=O) groups is 1. The second-order valence-electron chi connectivity index (χ2n) is 7.88. The minimum atomic E-state index is -4.57. The predicted octanol–water partition coefficient (Wildman–Crippen LogP) is 5.42. The van der Waals surface area contributed by atoms with Crippen LogP contribution in [0.5, 0.6) is 5.75 Å². The molecule has 2 aromatic carbocycles. The first-order valence-electron chi connectivity index (χ1n) is 10.4. The highest BCUT2D eigenvalue weighted by molar-refractivity contribution is 7.92. The summed E-state index contributed by atoms with van der Waals surface area (Å²) in [5.74, 6) is -3.08. The van der Waals surface area contributed by atoms with E-state index in [1.165, 1.54) is 19.1 Å². The van der Waals surface area contributed by atoms with Crippen molar-refractivity contribution in [2.45, 2.75) is 45.5 Å². The van der Waals surface area contributed by atoms with Crippen LogP contribution in [-0.2, 0) is 21.0 Å². The van der Waals surface area contributed by atoms with Gasteiger partial charge in [-0.1, -0.05) is 13.0 Å². The number of rotatable bonds is 9. The highest BCUT2D eigenvalue weighted by Crippen LogP contribution is 2.34. The minimum Gasteiger partial charge on any atom is -0.490 e. The number of hydrogen-bond donors (Lipinski definition) is 2. The Balaban J connectivity index is 2.21. The average molecular weight is 521 g/mol. The Kier molecular flexibility index (Phi) is 8.88. The molecule has 0 spiro atoms. The smallest absolute Gasteiger partial charge is 0.416 e. The van der Waals surface area contributed by atoms with Gasteiger partial charge in [0.25, 0.3) is 0 Å². The molecule has 0 aromatic heterocycles. The quantitative estimate of drug-likeness (QED) is 0.342. The molecule has 2 atom stereocenters. The third kappa shape index (κ3) is 8.23. The topological polar surface area (TPSA) is 84.5 Å². The van der Waals surface area contributed by atoms with Crippen LogP contribution in [0, 0.1) is 11.6 Å². The van der Waals surface area contributed by atoms with Gasteiger partial charge in [0.15, 0.2) is 11.6 Å². The number of benzene rings is 2. The molecule has 0 bridgehead atoms. The molecule has 0 aliphatic heterocycles. The van der Waals surface area contributed by atoms with Gasteiger partial charge in [-0.25, -0.2) is 17.2 Å². The van der Waals surface area contributed by atoms with E-state index in [9.17, 15) is 35.2 Å². The molecule has 2 aromatic rings. The van der Waals surface area contributed by atoms with Gasteiger partial charge in [0.05, 0.1) is 24.0 Å². The SMILES string of the molecule is CCC(C)Oc1cc(C(F)(F)F)ccc1/C=C/C(=O)NC(C)c1cc(F)c(NS(C)(=O)=O)c(F)c1. The fourth-order valence-electron chi connectivity index (χ4n) is 2.89. The monoisotopic (exact) mass is 520 g/mol. The Morgan fingerprint density at radius 2 is 1.71 bits per heavy atom. The molecule has 192 valence electrons. The van der Waals surface area contributed by atoms with Crippen LogP contribution in [0.15, 0.2) is 36.4 Å². The molecular weight excluding hydrogens is 495 g/mol. The summed E-state index contributed by atoms with van der Waals surface area (Å²) in [4.78, 5) is 12.3. The Morgan fingerprint density at radius 3 is 2.23 bits per heavy atom. The maximum Gasteiger partial charge on any atom is 0.416 e. The Bertz CT molecular complexity index is 1190. The molecule has 0 heterocycles. The lowest BCUT2D eigenvalue weighted by molar-refractivity contribution is -0.137. The Labute approximate surface area is 200 Å². The summed E-state index contributed by atoms with van der Waals surface area (Å²) < 4.78 is 97.5. The zero-order valence-corrected chi connectivity index (χ0v) is 20.2. The van der Waals surface area contributed by atoms with Crippen LogP contribution in [0.2, 0.25) is 0 Å². The number of amides is 1. The van der Waals surface area contributed by atoms with E-state index in [0.29, 0.717) is 6.42 Å². The van der Waals surface area contributed by atoms with Crippen LogP contribution in [0.1, 0.15) is 49.9 Å². The van der Waals surface area contributed by atoms with Crippen molar-refractivity contribution in [3.05, 3.63) is 64.7 Å². The molecule has 1 amide bonds. The van der Waals surface area contributed by atoms with E-state index in [1.807, 2.05) is 0 Å². The van der Waals surface area contributed by atoms with Crippen molar-refractivity contribution in [2.24, 2.45) is 0 Å². The van der Waals surface area contributed by atoms with Crippen molar-refractivity contribution in [3.63, 3.8) is 0 Å². The fourth-order valence-corrected chi connectivity index (χ4v) is 3.45. The third-order valence-electron chi connectivity index (χ3n) is 4.87. The van der Waals surface area contributed by atoms with Crippen LogP contribution in [0.25, 0.3) is 6.08 Å². The molecule has 0 aliphatic rings. The molecule has 0 saturated heterocycles. The van der Waals surface area contributed by atoms with Crippen molar-refractivity contribution in [1.29, 1.82) is 0 Å². The summed E-state index contributed by atoms with van der Waals surface area (Å²) >= 11 is 0. The lowest BCUT2D eigenvalue weighted by Crippen LogP contribution is -2.25. The molecule has 2 N–H and O–H groups in total. The summed E-state index contributed by atoms with van der Waals surface area (Å²) in [5.41, 5.74) is -1.49. The first kappa shape index (κ1) is 28.1. The van der Waals surface area contributed by atoms with Gasteiger partial charge in [0.1, 0.15) is 11.4 Å². The highest BCUT2D eigenvalue weighted by atomic mass is 32.2. The lowest BCUT2D eigenvalue weighted by Gasteiger charge is -2.17. The summed E-state index contributed by atoms with van der Waals surface area (Å²) in [6, 6.07) is 3.75. The van der Waals surface area contributed by atoms with E-state index in [4.69, 9.17) is 4.74 Å². The second-order valence-corrected chi connectivity index (χ2v) is 9.63. The van der Waals surface area contributed by atoms with E-state index in [-0.39, 0.29) is 23.0 Å². The number of halogens is 5. The summed E-state index contributed by atoms with van der Waals surface area (Å²) in [7, 11) is -3.91. The predicted molar refractivity (Wildman–Crippen MR) is 122 cm³/mol. The Hall–Kier alpha value is -3.15. The van der Waals surface area contributed by atoms with Gasteiger partial charge in [-0.05, 0) is 56.2 Å². The molecule has 6 nitrogen and oxygen atoms in total. The number of ether oxygens (including phenoxy) is 1. The average Bonchev–Trinajstić information content (AvgIpc) is 2.73. The molecule has 2 unspecified atom stereocenters. The number of sulfonamides is 1. The third-order valence-corrected chi connectivity index (χ3v) is 5.44. The van der Waals surface area contributed by atoms with E-state index in [1.54, 1.807) is 18.6 Å². The van der Waals surface area contributed by atoms with E-state index >= 15 is 0 Å². The summed E-state index contributed by atoms with van der Waals surface area (Å²) in [6.07, 6.45) is -1.34. The van der Waals surface area contributed by atoms with Crippen molar-refractivity contribution in [2.75, 3.05) is 11.0 Å². The zero-order chi connectivity index (χ0) is 26.6. The fraction of sp³-hybridized carbons (Fsp3) is 0.348. The number of alkyl halides is 3. The van der Waals surface area contributed by atoms with Crippen molar-refractivity contribution in [1.82, 2.24) is 5.32 Å². The largest absolute Gasteiger partial charge is 0.490 e. The van der Waals surface area contributed by atoms with Crippen LogP contribution >= 0.6 is 0 Å². The minimum absolute atomic E-state index is 0.0242. The summed E-state index contributed by atoms with van der Waals surface area (Å²) in [5, 5.41) is 2.48. The van der Waals surface area contributed by atoms with E-state index in [2.05, 4.69) is 5.32 Å². The second kappa shape index (κ2) is 11.1. The van der Waals surface area contributed by atoms with Crippen molar-refractivity contribution >= 4 is 27.7 Å². The van der Waals surface area contributed by atoms with Crippen LogP contribution in [0.3, 0.4) is 0 Å². The molecule has 0 saturated carbocycles. The van der Waals surface area contributed by atoms with E-state index < -0.39 is 51.0 Å². The highest BCUT2D eigenvalue weighted by Gasteiger charge is 2.31. The normalized spacial score (nSPS) is 14.0. The maximum absolute atomic E-state index is 14.2. The molecule has 0 aliphatic carbocycles. The maximum atomic E-state index is 14.2. The lowest BCUT2D eigenvalue weighted by atomic mass is 10.1. The molecule has 0 fully saturated rings. The van der Waals surface area contributed by atoms with Crippen LogP contribution in [0.4, 0.5) is 27.6 Å². The van der Waals surface area contributed by atoms with Gasteiger partial charge >= 0.3 is 6.18 Å². The summed E-state index contributed by atoms with van der Waals surface area (Å²) in [6.45, 7) is 4.94. The van der Waals surface area contributed by atoms with Gasteiger partial charge in [-0.2, -0.15) is 13.2 Å². The van der Waals surface area contributed by atoms with Gasteiger partial charge < -0.3 is 10.1 Å². The zero-order valence-electron chi connectivity index (χ0n) is 19.3. The standard InChI is InChI=1S/C23H25F5N2O4S/c1-5-13(2)34-20-12-17(23(26,27)28)8-6-15(20)7-9-21(31)29-14(3)16-10-18(24)22(19(25)11-16)30-35(4,32)33/h6-14,30H,5H2,1-4H3,(H,29,31)/b9-7+. The van der Waals surface area contributed by atoms with Crippen molar-refractivity contribution in [3.8, 4) is 5.75 Å². The van der Waals surface area contributed by atoms with Crippen LogP contribution < -0.4 is 14.8 Å². The van der Waals surface area contributed by atoms with Gasteiger partial charge in [0.2, 0.25) is 15.9 Å². The van der Waals surface area contributed by atoms with Gasteiger partial charge in [0, 0.05) is 11.6 Å². The Morgan fingerprint density at radius 1 is 1.11 bits per heavy atom. The molecular formula is C23H25F5N2O4S. The molecule has 35 heavy (non-hydrogen) atoms. The first-order chi connectivity index (χ1) is 16.1. The number of hydrogen-bond acceptors (Lipinski definition) is 4. The van der Waals surface area contributed by atoms with Crippen molar-refractivity contribution < 1.29 is 39.9 Å². The van der Waals surface area contributed by atoms with Gasteiger partial charge in [-0.3, -0.25) is 9.52 Å². The molecule has 0 radical (unpaired) electrons. The number of carbonyl (C=O) groups excluding carboxylic acids is 1. The van der Waals surface area contributed by atoms with Gasteiger partial charge in [-0.15, -0.1) is 0 Å². The number of anilines is 1. The molecule has 12 heteroatoms. The van der Waals surface area contributed by atoms with E-state index in [0.717, 1.165) is 36.6 Å².